The van der Waals surface area contributed by atoms with Gasteiger partial charge < -0.3 is 9.80 Å². The number of hydrogen-bond donors (Lipinski definition) is 1. The average molecular weight is 588 g/mol. The molecule has 1 fully saturated rings. The molecule has 3 aromatic rings. The van der Waals surface area contributed by atoms with Crippen LogP contribution in [0.25, 0.3) is 10.1 Å². The molecular formula is C28H30ClN3O5S2. The Morgan fingerprint density at radius 1 is 1.21 bits per heavy atom. The van der Waals surface area contributed by atoms with Gasteiger partial charge in [-0.1, -0.05) is 48.0 Å². The van der Waals surface area contributed by atoms with E-state index in [4.69, 9.17) is 11.6 Å². The summed E-state index contributed by atoms with van der Waals surface area (Å²) in [5.74, 6) is -1.09. The summed E-state index contributed by atoms with van der Waals surface area (Å²) in [6.07, 6.45) is 3.48. The van der Waals surface area contributed by atoms with Crippen LogP contribution in [0.1, 0.15) is 41.6 Å². The maximum absolute atomic E-state index is 14.2. The van der Waals surface area contributed by atoms with Crippen LogP contribution in [-0.4, -0.2) is 60.8 Å². The van der Waals surface area contributed by atoms with Crippen molar-refractivity contribution < 1.29 is 22.8 Å². The number of carbonyl (C=O) groups is 3. The highest BCUT2D eigenvalue weighted by atomic mass is 35.5. The van der Waals surface area contributed by atoms with Crippen molar-refractivity contribution in [2.45, 2.75) is 37.8 Å². The monoisotopic (exact) mass is 587 g/mol. The summed E-state index contributed by atoms with van der Waals surface area (Å²) in [7, 11) is -3.67. The maximum atomic E-state index is 14.2. The number of fused-ring (bicyclic) bond motifs is 1. The first-order valence-corrected chi connectivity index (χ1v) is 15.6. The average Bonchev–Trinajstić information content (AvgIpc) is 3.29. The van der Waals surface area contributed by atoms with Crippen molar-refractivity contribution in [3.8, 4) is 0 Å². The zero-order chi connectivity index (χ0) is 28.2. The van der Waals surface area contributed by atoms with E-state index in [-0.39, 0.29) is 44.2 Å². The zero-order valence-corrected chi connectivity index (χ0v) is 23.9. The minimum absolute atomic E-state index is 0.0790. The number of nitrogens with zero attached hydrogens (tertiary/aromatic N) is 2. The van der Waals surface area contributed by atoms with Crippen molar-refractivity contribution in [1.29, 1.82) is 0 Å². The molecule has 1 atom stereocenters. The minimum atomic E-state index is -3.67. The molecule has 0 spiro atoms. The van der Waals surface area contributed by atoms with Crippen LogP contribution in [0.4, 0.5) is 0 Å². The number of benzene rings is 2. The van der Waals surface area contributed by atoms with Gasteiger partial charge in [0.25, 0.3) is 5.91 Å². The molecule has 3 amide bonds. The number of likely N-dealkylation sites (tertiary alicyclic amines) is 1. The second-order valence-corrected chi connectivity index (χ2v) is 12.7. The van der Waals surface area contributed by atoms with E-state index < -0.39 is 21.5 Å². The molecule has 1 aromatic heterocycles. The largest absolute Gasteiger partial charge is 0.336 e. The van der Waals surface area contributed by atoms with Crippen molar-refractivity contribution in [2.75, 3.05) is 19.3 Å². The number of nitrogens with one attached hydrogen (secondary N) is 1. The molecule has 1 N–H and O–H groups in total. The molecule has 0 bridgehead atoms. The van der Waals surface area contributed by atoms with Crippen LogP contribution < -0.4 is 4.72 Å². The molecule has 11 heteroatoms. The summed E-state index contributed by atoms with van der Waals surface area (Å²) >= 11 is 7.67. The lowest BCUT2D eigenvalue weighted by Crippen LogP contribution is -2.69. The summed E-state index contributed by atoms with van der Waals surface area (Å²) < 4.78 is 25.7. The molecule has 2 aromatic carbocycles. The molecule has 1 unspecified atom stereocenters. The molecule has 1 aliphatic rings. The fourth-order valence-electron chi connectivity index (χ4n) is 4.93. The number of sulfonamides is 1. The standard InChI is InChI=1S/C28H30ClN3O5S2/c1-3-13-28(14-16-32(28)26(34)23-19-38-24-11-5-4-10-22(23)24)27(35)31(18-20-8-6-9-21(29)17-20)15-7-12-25(33)30-39(2,36)37/h3-6,8-11,17,19H,1,7,12-16,18H2,2H3,(H,30,33). The van der Waals surface area contributed by atoms with Crippen LogP contribution in [0.5, 0.6) is 0 Å². The summed E-state index contributed by atoms with van der Waals surface area (Å²) in [5, 5.41) is 3.21. The van der Waals surface area contributed by atoms with Crippen LogP contribution in [0.2, 0.25) is 5.02 Å². The number of carbonyl (C=O) groups excluding carboxylic acids is 3. The first-order valence-electron chi connectivity index (χ1n) is 12.5. The second kappa shape index (κ2) is 11.9. The molecular weight excluding hydrogens is 558 g/mol. The Morgan fingerprint density at radius 2 is 1.97 bits per heavy atom. The first kappa shape index (κ1) is 28.8. The van der Waals surface area contributed by atoms with E-state index in [0.29, 0.717) is 23.6 Å². The van der Waals surface area contributed by atoms with Gasteiger partial charge in [0.2, 0.25) is 21.8 Å². The van der Waals surface area contributed by atoms with Gasteiger partial charge >= 0.3 is 0 Å². The van der Waals surface area contributed by atoms with E-state index >= 15 is 0 Å². The number of thiophene rings is 1. The fraction of sp³-hybridized carbons (Fsp3) is 0.321. The third-order valence-corrected chi connectivity index (χ3v) is 8.58. The van der Waals surface area contributed by atoms with E-state index in [2.05, 4.69) is 6.58 Å². The van der Waals surface area contributed by atoms with Gasteiger partial charge in [-0.05, 0) is 43.0 Å². The zero-order valence-electron chi connectivity index (χ0n) is 21.6. The Labute approximate surface area is 237 Å². The molecule has 0 radical (unpaired) electrons. The molecule has 39 heavy (non-hydrogen) atoms. The lowest BCUT2D eigenvalue weighted by molar-refractivity contribution is -0.151. The second-order valence-electron chi connectivity index (χ2n) is 9.63. The molecule has 0 aliphatic carbocycles. The summed E-state index contributed by atoms with van der Waals surface area (Å²) in [5.41, 5.74) is 0.261. The van der Waals surface area contributed by atoms with Crippen LogP contribution >= 0.6 is 22.9 Å². The number of hydrogen-bond acceptors (Lipinski definition) is 6. The highest BCUT2D eigenvalue weighted by molar-refractivity contribution is 7.89. The van der Waals surface area contributed by atoms with Crippen LogP contribution in [-0.2, 0) is 26.2 Å². The van der Waals surface area contributed by atoms with Gasteiger partial charge in [-0.3, -0.25) is 19.1 Å². The van der Waals surface area contributed by atoms with Crippen molar-refractivity contribution in [3.05, 3.63) is 82.7 Å². The van der Waals surface area contributed by atoms with Crippen LogP contribution in [0.15, 0.2) is 66.6 Å². The highest BCUT2D eigenvalue weighted by Gasteiger charge is 2.54. The van der Waals surface area contributed by atoms with Crippen molar-refractivity contribution in [3.63, 3.8) is 0 Å². The highest BCUT2D eigenvalue weighted by Crippen LogP contribution is 2.39. The third-order valence-electron chi connectivity index (χ3n) is 6.78. The quantitative estimate of drug-likeness (QED) is 0.330. The third kappa shape index (κ3) is 6.51. The summed E-state index contributed by atoms with van der Waals surface area (Å²) in [6.45, 7) is 4.69. The van der Waals surface area contributed by atoms with Gasteiger partial charge in [-0.2, -0.15) is 0 Å². The smallest absolute Gasteiger partial charge is 0.256 e. The van der Waals surface area contributed by atoms with E-state index in [9.17, 15) is 22.8 Å². The SMILES string of the molecule is C=CCC1(C(=O)N(CCCC(=O)NS(C)(=O)=O)Cc2cccc(Cl)c2)CCN1C(=O)c1csc2ccccc12. The molecule has 0 saturated carbocycles. The molecule has 1 aliphatic heterocycles. The number of amides is 3. The van der Waals surface area contributed by atoms with E-state index in [1.54, 1.807) is 34.1 Å². The topological polar surface area (TPSA) is 104 Å². The minimum Gasteiger partial charge on any atom is -0.336 e. The molecule has 2 heterocycles. The first-order chi connectivity index (χ1) is 18.5. The maximum Gasteiger partial charge on any atom is 0.256 e. The van der Waals surface area contributed by atoms with E-state index in [1.165, 1.54) is 11.3 Å². The number of halogens is 1. The Kier molecular flexibility index (Phi) is 8.78. The molecule has 1 saturated heterocycles. The molecule has 4 rings (SSSR count). The van der Waals surface area contributed by atoms with Crippen molar-refractivity contribution >= 4 is 60.8 Å². The lowest BCUT2D eigenvalue weighted by atomic mass is 9.79. The Balaban J connectivity index is 1.60. The van der Waals surface area contributed by atoms with Gasteiger partial charge in [0.05, 0.1) is 11.8 Å². The van der Waals surface area contributed by atoms with E-state index in [1.807, 2.05) is 40.4 Å². The predicted molar refractivity (Wildman–Crippen MR) is 154 cm³/mol. The molecule has 8 nitrogen and oxygen atoms in total. The van der Waals surface area contributed by atoms with Gasteiger partial charge in [0.1, 0.15) is 5.54 Å². The Hall–Kier alpha value is -3.21. The van der Waals surface area contributed by atoms with Gasteiger partial charge in [0.15, 0.2) is 0 Å². The molecule has 206 valence electrons. The Morgan fingerprint density at radius 3 is 2.64 bits per heavy atom. The Bertz CT molecular complexity index is 1520. The number of rotatable bonds is 11. The van der Waals surface area contributed by atoms with Crippen molar-refractivity contribution in [2.24, 2.45) is 0 Å². The van der Waals surface area contributed by atoms with E-state index in [0.717, 1.165) is 21.9 Å². The van der Waals surface area contributed by atoms with Crippen LogP contribution in [0, 0.1) is 0 Å². The van der Waals surface area contributed by atoms with Crippen LogP contribution in [0.3, 0.4) is 0 Å². The predicted octanol–water partition coefficient (Wildman–Crippen LogP) is 4.60. The summed E-state index contributed by atoms with van der Waals surface area (Å²) in [6, 6.07) is 14.8. The fourth-order valence-corrected chi connectivity index (χ4v) is 6.59. The normalized spacial score (nSPS) is 16.9. The lowest BCUT2D eigenvalue weighted by Gasteiger charge is -2.52. The van der Waals surface area contributed by atoms with Gasteiger partial charge in [0, 0.05) is 46.5 Å². The van der Waals surface area contributed by atoms with Crippen molar-refractivity contribution in [1.82, 2.24) is 14.5 Å². The van der Waals surface area contributed by atoms with Gasteiger partial charge in [-0.15, -0.1) is 17.9 Å². The summed E-state index contributed by atoms with van der Waals surface area (Å²) in [4.78, 5) is 43.3. The van der Waals surface area contributed by atoms with Gasteiger partial charge in [-0.25, -0.2) is 8.42 Å².